The van der Waals surface area contributed by atoms with Crippen molar-refractivity contribution >= 4 is 25.4 Å². The number of halogens is 4. The first-order valence-corrected chi connectivity index (χ1v) is 13.3. The van der Waals surface area contributed by atoms with Crippen LogP contribution in [0.3, 0.4) is 0 Å². The van der Waals surface area contributed by atoms with E-state index in [2.05, 4.69) is 5.10 Å². The molecule has 0 spiro atoms. The molecule has 0 bridgehead atoms. The second-order valence-electron chi connectivity index (χ2n) is 5.58. The first-order chi connectivity index (χ1) is 11.1. The Hall–Kier alpha value is -1.10. The number of benzene rings is 1. The number of alkyl halides is 3. The summed E-state index contributed by atoms with van der Waals surface area (Å²) in [5.74, 6) is 0.245. The average Bonchev–Trinajstić information content (AvgIpc) is 2.80. The van der Waals surface area contributed by atoms with Gasteiger partial charge in [-0.1, -0.05) is 0 Å². The second kappa shape index (κ2) is 7.03. The van der Waals surface area contributed by atoms with Gasteiger partial charge in [-0.3, -0.25) is 0 Å². The minimum atomic E-state index is -5.28. The van der Waals surface area contributed by atoms with Gasteiger partial charge in [0, 0.05) is 0 Å². The second-order valence-corrected chi connectivity index (χ2v) is 16.3. The van der Waals surface area contributed by atoms with E-state index in [0.717, 1.165) is 0 Å². The Morgan fingerprint density at radius 3 is 2.29 bits per heavy atom. The Balaban J connectivity index is 2.63. The van der Waals surface area contributed by atoms with Crippen molar-refractivity contribution in [3.05, 3.63) is 49.4 Å². The Kier molecular flexibility index (Phi) is 5.63. The summed E-state index contributed by atoms with van der Waals surface area (Å²) < 4.78 is 66.2. The molecule has 1 aromatic carbocycles. The molecule has 0 saturated carbocycles. The molecule has 4 nitrogen and oxygen atoms in total. The molecule has 0 aliphatic carbocycles. The molecule has 1 heterocycles. The third kappa shape index (κ3) is 3.76. The standard InChI is InChI=1S/C15H18F3IN2O2S/c1-11(2)10-21-12(3)14(9-20-21)19(13-7-5-4-6-8-13)24(22,23)15(16,17)18/h4-9,11H,10H2,1-3H3. The van der Waals surface area contributed by atoms with Gasteiger partial charge in [-0.15, -0.1) is 0 Å². The molecule has 0 atom stereocenters. The summed E-state index contributed by atoms with van der Waals surface area (Å²) in [6.07, 6.45) is 1.29. The number of hydrogen-bond donors (Lipinski definition) is 0. The molecule has 0 aliphatic heterocycles. The van der Waals surface area contributed by atoms with Crippen LogP contribution in [-0.4, -0.2) is 23.7 Å². The Morgan fingerprint density at radius 2 is 1.79 bits per heavy atom. The fourth-order valence-electron chi connectivity index (χ4n) is 2.08. The predicted molar refractivity (Wildman–Crippen MR) is 94.6 cm³/mol. The predicted octanol–water partition coefficient (Wildman–Crippen LogP) is 4.24. The molecule has 0 N–H and O–H groups in total. The molecule has 0 radical (unpaired) electrons. The van der Waals surface area contributed by atoms with E-state index in [4.69, 9.17) is 0 Å². The zero-order valence-corrected chi connectivity index (χ0v) is 16.4. The normalized spacial score (nSPS) is 13.4. The SMILES string of the molecule is Cc1c(I(c2ccccc2)S(=O)(=O)C(F)(F)F)cnn1CC(C)C. The molecule has 0 unspecified atom stereocenters. The topological polar surface area (TPSA) is 52.0 Å². The van der Waals surface area contributed by atoms with Crippen molar-refractivity contribution < 1.29 is 21.6 Å². The maximum absolute atomic E-state index is 13.2. The average molecular weight is 474 g/mol. The summed E-state index contributed by atoms with van der Waals surface area (Å²) in [5.41, 5.74) is -4.79. The van der Waals surface area contributed by atoms with Crippen LogP contribution in [-0.2, 0) is 13.6 Å². The van der Waals surface area contributed by atoms with Gasteiger partial charge < -0.3 is 0 Å². The molecule has 134 valence electrons. The molecule has 2 rings (SSSR count). The van der Waals surface area contributed by atoms with E-state index in [1.165, 1.54) is 18.3 Å². The van der Waals surface area contributed by atoms with Gasteiger partial charge in [0.05, 0.1) is 0 Å². The summed E-state index contributed by atoms with van der Waals surface area (Å²) in [6, 6.07) is 7.66. The third-order valence-corrected chi connectivity index (χ3v) is 15.4. The summed E-state index contributed by atoms with van der Waals surface area (Å²) in [4.78, 5) is 0. The molecule has 9 heteroatoms. The van der Waals surface area contributed by atoms with Crippen LogP contribution in [0.4, 0.5) is 13.2 Å². The summed E-state index contributed by atoms with van der Waals surface area (Å²) >= 11 is -3.81. The zero-order chi connectivity index (χ0) is 18.1. The van der Waals surface area contributed by atoms with Crippen LogP contribution in [0.15, 0.2) is 36.5 Å². The van der Waals surface area contributed by atoms with Gasteiger partial charge in [0.1, 0.15) is 0 Å². The molecule has 24 heavy (non-hydrogen) atoms. The van der Waals surface area contributed by atoms with E-state index in [1.807, 2.05) is 13.8 Å². The van der Waals surface area contributed by atoms with Gasteiger partial charge in [-0.25, -0.2) is 0 Å². The molecular weight excluding hydrogens is 456 g/mol. The van der Waals surface area contributed by atoms with Crippen LogP contribution in [0.25, 0.3) is 0 Å². The van der Waals surface area contributed by atoms with Crippen molar-refractivity contribution in [1.29, 1.82) is 0 Å². The minimum absolute atomic E-state index is 0.211. The molecule has 1 aromatic heterocycles. The van der Waals surface area contributed by atoms with Crippen LogP contribution in [0, 0.1) is 20.0 Å². The number of rotatable bonds is 5. The summed E-state index contributed by atoms with van der Waals surface area (Å²) in [7, 11) is -5.28. The Bertz CT molecular complexity index is 802. The van der Waals surface area contributed by atoms with Gasteiger partial charge in [0.15, 0.2) is 0 Å². The number of aromatic nitrogens is 2. The number of nitrogens with zero attached hydrogens (tertiary/aromatic N) is 2. The van der Waals surface area contributed by atoms with E-state index < -0.39 is 31.0 Å². The number of hydrogen-bond acceptors (Lipinski definition) is 3. The van der Waals surface area contributed by atoms with Gasteiger partial charge in [0.25, 0.3) is 0 Å². The van der Waals surface area contributed by atoms with Crippen molar-refractivity contribution in [1.82, 2.24) is 9.78 Å². The van der Waals surface area contributed by atoms with E-state index in [9.17, 15) is 21.6 Å². The van der Waals surface area contributed by atoms with E-state index in [-0.39, 0.29) is 13.1 Å². The molecule has 0 aliphatic rings. The van der Waals surface area contributed by atoms with E-state index >= 15 is 0 Å². The molecule has 0 saturated heterocycles. The van der Waals surface area contributed by atoms with Crippen LogP contribution in [0.2, 0.25) is 0 Å². The van der Waals surface area contributed by atoms with Crippen LogP contribution >= 0.6 is 18.4 Å². The molecule has 0 fully saturated rings. The Labute approximate surface area is 144 Å². The van der Waals surface area contributed by atoms with Gasteiger partial charge in [0.2, 0.25) is 0 Å². The van der Waals surface area contributed by atoms with Gasteiger partial charge in [-0.05, 0) is 0 Å². The zero-order valence-electron chi connectivity index (χ0n) is 13.4. The monoisotopic (exact) mass is 474 g/mol. The van der Waals surface area contributed by atoms with Crippen molar-refractivity contribution in [3.8, 4) is 0 Å². The third-order valence-electron chi connectivity index (χ3n) is 3.18. The van der Waals surface area contributed by atoms with Crippen LogP contribution in [0.5, 0.6) is 0 Å². The molecule has 2 aromatic rings. The van der Waals surface area contributed by atoms with Crippen LogP contribution in [0.1, 0.15) is 19.5 Å². The summed E-state index contributed by atoms with van der Waals surface area (Å²) in [5, 5.41) is 4.12. The van der Waals surface area contributed by atoms with Crippen molar-refractivity contribution in [2.45, 2.75) is 32.8 Å². The first kappa shape index (κ1) is 19.2. The maximum atomic E-state index is 13.2. The van der Waals surface area contributed by atoms with Crippen molar-refractivity contribution in [2.24, 2.45) is 5.92 Å². The fourth-order valence-corrected chi connectivity index (χ4v) is 12.9. The van der Waals surface area contributed by atoms with Gasteiger partial charge in [-0.2, -0.15) is 0 Å². The van der Waals surface area contributed by atoms with Crippen molar-refractivity contribution in [3.63, 3.8) is 0 Å². The van der Waals surface area contributed by atoms with Gasteiger partial charge >= 0.3 is 145 Å². The Morgan fingerprint density at radius 1 is 1.21 bits per heavy atom. The first-order valence-electron chi connectivity index (χ1n) is 7.15. The van der Waals surface area contributed by atoms with Crippen molar-refractivity contribution in [2.75, 3.05) is 0 Å². The molecular formula is C15H18F3IN2O2S. The van der Waals surface area contributed by atoms with E-state index in [1.54, 1.807) is 29.8 Å². The van der Waals surface area contributed by atoms with E-state index in [0.29, 0.717) is 12.2 Å². The quantitative estimate of drug-likeness (QED) is 0.481. The molecule has 0 amide bonds. The fraction of sp³-hybridized carbons (Fsp3) is 0.400. The summed E-state index contributed by atoms with van der Waals surface area (Å²) in [6.45, 7) is 6.07. The van der Waals surface area contributed by atoms with Crippen LogP contribution < -0.4 is 0 Å².